The van der Waals surface area contributed by atoms with Crippen molar-refractivity contribution >= 4 is 23.4 Å². The number of anilines is 1. The summed E-state index contributed by atoms with van der Waals surface area (Å²) in [6, 6.07) is 3.15. The van der Waals surface area contributed by atoms with E-state index in [1.807, 2.05) is 0 Å². The molecule has 0 saturated heterocycles. The molecular weight excluding hydrogens is 244 g/mol. The number of aromatic carboxylic acids is 1. The Morgan fingerprint density at radius 2 is 2.24 bits per heavy atom. The van der Waals surface area contributed by atoms with Crippen LogP contribution in [0, 0.1) is 5.92 Å². The monoisotopic (exact) mass is 256 g/mol. The number of aliphatic hydroxyl groups excluding tert-OH is 1. The van der Waals surface area contributed by atoms with E-state index in [1.165, 1.54) is 6.07 Å². The van der Waals surface area contributed by atoms with Gasteiger partial charge < -0.3 is 15.5 Å². The van der Waals surface area contributed by atoms with Gasteiger partial charge in [0.1, 0.15) is 5.82 Å². The third-order valence-electron chi connectivity index (χ3n) is 2.83. The van der Waals surface area contributed by atoms with Gasteiger partial charge in [-0.1, -0.05) is 11.6 Å². The summed E-state index contributed by atoms with van der Waals surface area (Å²) in [5, 5.41) is 21.2. The summed E-state index contributed by atoms with van der Waals surface area (Å²) in [6.07, 6.45) is 1.38. The number of carboxylic acids is 1. The van der Waals surface area contributed by atoms with Crippen LogP contribution in [-0.4, -0.2) is 33.8 Å². The lowest BCUT2D eigenvalue weighted by Crippen LogP contribution is -2.33. The van der Waals surface area contributed by atoms with E-state index in [1.54, 1.807) is 6.07 Å². The van der Waals surface area contributed by atoms with E-state index in [2.05, 4.69) is 10.3 Å². The van der Waals surface area contributed by atoms with E-state index >= 15 is 0 Å². The molecule has 0 spiro atoms. The lowest BCUT2D eigenvalue weighted by Gasteiger charge is -2.31. The minimum absolute atomic E-state index is 0.127. The molecule has 0 amide bonds. The van der Waals surface area contributed by atoms with Crippen LogP contribution in [0.5, 0.6) is 0 Å². The first-order valence-electron chi connectivity index (χ1n) is 5.38. The molecule has 1 aliphatic rings. The van der Waals surface area contributed by atoms with Crippen molar-refractivity contribution in [1.82, 2.24) is 4.98 Å². The van der Waals surface area contributed by atoms with Crippen LogP contribution in [0.15, 0.2) is 12.1 Å². The Bertz CT molecular complexity index is 433. The average molecular weight is 257 g/mol. The van der Waals surface area contributed by atoms with Crippen molar-refractivity contribution < 1.29 is 15.0 Å². The van der Waals surface area contributed by atoms with Crippen LogP contribution in [0.4, 0.5) is 5.82 Å². The SMILES string of the molecule is O=C(O)c1nc(NCC2CC(O)C2)ccc1Cl. The lowest BCUT2D eigenvalue weighted by molar-refractivity contribution is 0.0486. The highest BCUT2D eigenvalue weighted by Gasteiger charge is 2.26. The molecule has 5 nitrogen and oxygen atoms in total. The first kappa shape index (κ1) is 12.1. The fourth-order valence-corrected chi connectivity index (χ4v) is 1.99. The van der Waals surface area contributed by atoms with Crippen LogP contribution in [0.3, 0.4) is 0 Å². The van der Waals surface area contributed by atoms with Gasteiger partial charge in [0, 0.05) is 6.54 Å². The minimum Gasteiger partial charge on any atom is -0.476 e. The minimum atomic E-state index is -1.14. The third-order valence-corrected chi connectivity index (χ3v) is 3.14. The molecule has 0 aliphatic heterocycles. The third kappa shape index (κ3) is 2.87. The Labute approximate surface area is 103 Å². The molecule has 6 heteroatoms. The maximum absolute atomic E-state index is 10.8. The van der Waals surface area contributed by atoms with Crippen LogP contribution in [0.25, 0.3) is 0 Å². The Morgan fingerprint density at radius 3 is 2.82 bits per heavy atom. The van der Waals surface area contributed by atoms with Crippen molar-refractivity contribution in [3.63, 3.8) is 0 Å². The molecule has 1 aliphatic carbocycles. The van der Waals surface area contributed by atoms with Gasteiger partial charge in [0.25, 0.3) is 0 Å². The van der Waals surface area contributed by atoms with Crippen molar-refractivity contribution in [2.75, 3.05) is 11.9 Å². The standard InChI is InChI=1S/C11H13ClN2O3/c12-8-1-2-9(14-10(8)11(16)17)13-5-6-3-7(15)4-6/h1-2,6-7,15H,3-5H2,(H,13,14)(H,16,17). The normalized spacial score (nSPS) is 22.9. The van der Waals surface area contributed by atoms with Crippen LogP contribution in [0.2, 0.25) is 5.02 Å². The summed E-state index contributed by atoms with van der Waals surface area (Å²) in [5.74, 6) is -0.221. The molecule has 17 heavy (non-hydrogen) atoms. The molecule has 1 aromatic heterocycles. The van der Waals surface area contributed by atoms with E-state index in [-0.39, 0.29) is 16.8 Å². The zero-order valence-electron chi connectivity index (χ0n) is 9.06. The summed E-state index contributed by atoms with van der Waals surface area (Å²) in [4.78, 5) is 14.7. The van der Waals surface area contributed by atoms with Gasteiger partial charge >= 0.3 is 5.97 Å². The van der Waals surface area contributed by atoms with E-state index < -0.39 is 5.97 Å². The van der Waals surface area contributed by atoms with Crippen molar-refractivity contribution in [3.8, 4) is 0 Å². The maximum atomic E-state index is 10.8. The Hall–Kier alpha value is -1.33. The second kappa shape index (κ2) is 4.89. The lowest BCUT2D eigenvalue weighted by atomic mass is 9.82. The van der Waals surface area contributed by atoms with Crippen molar-refractivity contribution in [1.29, 1.82) is 0 Å². The largest absolute Gasteiger partial charge is 0.476 e. The second-order valence-corrected chi connectivity index (χ2v) is 4.61. The van der Waals surface area contributed by atoms with Gasteiger partial charge in [-0.3, -0.25) is 0 Å². The van der Waals surface area contributed by atoms with Gasteiger partial charge in [0.15, 0.2) is 5.69 Å². The van der Waals surface area contributed by atoms with Crippen LogP contribution < -0.4 is 5.32 Å². The fraction of sp³-hybridized carbons (Fsp3) is 0.455. The summed E-state index contributed by atoms with van der Waals surface area (Å²) >= 11 is 5.71. The number of nitrogens with one attached hydrogen (secondary N) is 1. The number of hydrogen-bond acceptors (Lipinski definition) is 4. The molecule has 0 bridgehead atoms. The van der Waals surface area contributed by atoms with Gasteiger partial charge in [-0.25, -0.2) is 9.78 Å². The van der Waals surface area contributed by atoms with E-state index in [9.17, 15) is 4.79 Å². The van der Waals surface area contributed by atoms with E-state index in [4.69, 9.17) is 21.8 Å². The van der Waals surface area contributed by atoms with E-state index in [0.717, 1.165) is 12.8 Å². The summed E-state index contributed by atoms with van der Waals surface area (Å²) in [7, 11) is 0. The van der Waals surface area contributed by atoms with Crippen LogP contribution in [-0.2, 0) is 0 Å². The van der Waals surface area contributed by atoms with Gasteiger partial charge in [0.2, 0.25) is 0 Å². The molecule has 3 N–H and O–H groups in total. The number of carbonyl (C=O) groups is 1. The average Bonchev–Trinajstić information content (AvgIpc) is 2.24. The predicted octanol–water partition coefficient (Wildman–Crippen LogP) is 1.62. The fourth-order valence-electron chi connectivity index (χ4n) is 1.81. The zero-order chi connectivity index (χ0) is 12.4. The molecule has 2 rings (SSSR count). The molecule has 0 aromatic carbocycles. The highest BCUT2D eigenvalue weighted by molar-refractivity contribution is 6.33. The van der Waals surface area contributed by atoms with Gasteiger partial charge in [-0.05, 0) is 30.9 Å². The molecule has 1 fully saturated rings. The number of carboxylic acid groups (broad SMARTS) is 1. The molecule has 0 atom stereocenters. The second-order valence-electron chi connectivity index (χ2n) is 4.20. The number of aliphatic hydroxyl groups is 1. The van der Waals surface area contributed by atoms with Crippen LogP contribution >= 0.6 is 11.6 Å². The van der Waals surface area contributed by atoms with Crippen molar-refractivity contribution in [2.45, 2.75) is 18.9 Å². The summed E-state index contributed by atoms with van der Waals surface area (Å²) in [6.45, 7) is 0.685. The first-order valence-corrected chi connectivity index (χ1v) is 5.76. The molecule has 0 radical (unpaired) electrons. The topological polar surface area (TPSA) is 82.5 Å². The summed E-state index contributed by atoms with van der Waals surface area (Å²) < 4.78 is 0. The number of pyridine rings is 1. The van der Waals surface area contributed by atoms with Gasteiger partial charge in [-0.15, -0.1) is 0 Å². The van der Waals surface area contributed by atoms with Crippen LogP contribution in [0.1, 0.15) is 23.3 Å². The maximum Gasteiger partial charge on any atom is 0.356 e. The Balaban J connectivity index is 1.97. The number of aromatic nitrogens is 1. The molecule has 0 unspecified atom stereocenters. The first-order chi connectivity index (χ1) is 8.06. The molecule has 1 saturated carbocycles. The number of hydrogen-bond donors (Lipinski definition) is 3. The number of rotatable bonds is 4. The van der Waals surface area contributed by atoms with Crippen molar-refractivity contribution in [3.05, 3.63) is 22.8 Å². The highest BCUT2D eigenvalue weighted by atomic mass is 35.5. The van der Waals surface area contributed by atoms with Gasteiger partial charge in [0.05, 0.1) is 11.1 Å². The molecule has 92 valence electrons. The van der Waals surface area contributed by atoms with Gasteiger partial charge in [-0.2, -0.15) is 0 Å². The smallest absolute Gasteiger partial charge is 0.356 e. The van der Waals surface area contributed by atoms with E-state index in [0.29, 0.717) is 18.3 Å². The number of nitrogens with zero attached hydrogens (tertiary/aromatic N) is 1. The van der Waals surface area contributed by atoms with Crippen molar-refractivity contribution in [2.24, 2.45) is 5.92 Å². The molecule has 1 heterocycles. The molecule has 1 aromatic rings. The number of halogens is 1. The zero-order valence-corrected chi connectivity index (χ0v) is 9.81. The Morgan fingerprint density at radius 1 is 1.53 bits per heavy atom. The predicted molar refractivity (Wildman–Crippen MR) is 63.4 cm³/mol. The summed E-state index contributed by atoms with van der Waals surface area (Å²) in [5.41, 5.74) is -0.148. The molecular formula is C11H13ClN2O3. The highest BCUT2D eigenvalue weighted by Crippen LogP contribution is 2.27. The quantitative estimate of drug-likeness (QED) is 0.763. The Kier molecular flexibility index (Phi) is 3.49.